The molecule has 1 unspecified atom stereocenters. The molecule has 0 bridgehead atoms. The molecule has 0 aliphatic carbocycles. The van der Waals surface area contributed by atoms with Crippen LogP contribution in [-0.4, -0.2) is 57.9 Å². The Balaban J connectivity index is 2.14. The zero-order chi connectivity index (χ0) is 12.7. The Morgan fingerprint density at radius 1 is 1.47 bits per heavy atom. The second kappa shape index (κ2) is 7.31. The van der Waals surface area contributed by atoms with E-state index in [0.717, 1.165) is 39.0 Å². The fourth-order valence-corrected chi connectivity index (χ4v) is 2.95. The van der Waals surface area contributed by atoms with Gasteiger partial charge < -0.3 is 10.1 Å². The number of rotatable bonds is 7. The molecule has 102 valence electrons. The standard InChI is InChI=1S/C11H24N2O3S/c1-3-13(17(2,14)15)8-5-7-12-11-6-4-9-16-10-11/h11-12H,3-10H2,1-2H3. The van der Waals surface area contributed by atoms with Gasteiger partial charge in [-0.05, 0) is 25.8 Å². The fraction of sp³-hybridized carbons (Fsp3) is 1.00. The second-order valence-electron chi connectivity index (χ2n) is 4.48. The van der Waals surface area contributed by atoms with Crippen LogP contribution >= 0.6 is 0 Å². The quantitative estimate of drug-likeness (QED) is 0.677. The molecule has 0 aromatic heterocycles. The van der Waals surface area contributed by atoms with Gasteiger partial charge in [0.05, 0.1) is 12.9 Å². The topological polar surface area (TPSA) is 58.6 Å². The minimum atomic E-state index is -3.04. The minimum Gasteiger partial charge on any atom is -0.380 e. The summed E-state index contributed by atoms with van der Waals surface area (Å²) < 4.78 is 29.6. The predicted octanol–water partition coefficient (Wildman–Crippen LogP) is 0.427. The molecule has 0 aromatic rings. The van der Waals surface area contributed by atoms with Gasteiger partial charge in [-0.1, -0.05) is 6.92 Å². The normalized spacial score (nSPS) is 21.9. The Morgan fingerprint density at radius 2 is 2.24 bits per heavy atom. The first kappa shape index (κ1) is 14.9. The summed E-state index contributed by atoms with van der Waals surface area (Å²) >= 11 is 0. The summed E-state index contributed by atoms with van der Waals surface area (Å²) in [5.41, 5.74) is 0. The van der Waals surface area contributed by atoms with Gasteiger partial charge >= 0.3 is 0 Å². The van der Waals surface area contributed by atoms with Crippen LogP contribution < -0.4 is 5.32 Å². The number of nitrogens with zero attached hydrogens (tertiary/aromatic N) is 1. The molecule has 0 saturated carbocycles. The summed E-state index contributed by atoms with van der Waals surface area (Å²) in [7, 11) is -3.04. The number of hydrogen-bond acceptors (Lipinski definition) is 4. The number of nitrogens with one attached hydrogen (secondary N) is 1. The highest BCUT2D eigenvalue weighted by Gasteiger charge is 2.15. The molecule has 1 saturated heterocycles. The van der Waals surface area contributed by atoms with Crippen LogP contribution in [0, 0.1) is 0 Å². The van der Waals surface area contributed by atoms with Gasteiger partial charge in [0.2, 0.25) is 10.0 Å². The molecule has 1 aliphatic rings. The van der Waals surface area contributed by atoms with Crippen molar-refractivity contribution in [2.24, 2.45) is 0 Å². The zero-order valence-electron chi connectivity index (χ0n) is 10.8. The molecule has 17 heavy (non-hydrogen) atoms. The summed E-state index contributed by atoms with van der Waals surface area (Å²) in [5, 5.41) is 3.41. The maximum atomic E-state index is 11.3. The first-order valence-corrected chi connectivity index (χ1v) is 8.15. The van der Waals surface area contributed by atoms with Gasteiger partial charge in [-0.15, -0.1) is 0 Å². The first-order valence-electron chi connectivity index (χ1n) is 6.30. The highest BCUT2D eigenvalue weighted by Crippen LogP contribution is 2.05. The maximum Gasteiger partial charge on any atom is 0.211 e. The number of sulfonamides is 1. The van der Waals surface area contributed by atoms with Crippen LogP contribution in [0.2, 0.25) is 0 Å². The van der Waals surface area contributed by atoms with Crippen molar-refractivity contribution in [1.82, 2.24) is 9.62 Å². The highest BCUT2D eigenvalue weighted by atomic mass is 32.2. The van der Waals surface area contributed by atoms with E-state index in [1.807, 2.05) is 6.92 Å². The summed E-state index contributed by atoms with van der Waals surface area (Å²) in [5.74, 6) is 0. The summed E-state index contributed by atoms with van der Waals surface area (Å²) in [6.45, 7) is 5.50. The van der Waals surface area contributed by atoms with E-state index in [1.54, 1.807) is 0 Å². The lowest BCUT2D eigenvalue weighted by Gasteiger charge is -2.24. The van der Waals surface area contributed by atoms with Crippen LogP contribution in [0.1, 0.15) is 26.2 Å². The van der Waals surface area contributed by atoms with E-state index in [9.17, 15) is 8.42 Å². The van der Waals surface area contributed by atoms with Gasteiger partial charge in [0.25, 0.3) is 0 Å². The molecular weight excluding hydrogens is 240 g/mol. The molecule has 1 rings (SSSR count). The van der Waals surface area contributed by atoms with Crippen molar-refractivity contribution in [2.75, 3.05) is 39.1 Å². The number of ether oxygens (including phenoxy) is 1. The van der Waals surface area contributed by atoms with Gasteiger partial charge in [-0.2, -0.15) is 0 Å². The third-order valence-corrected chi connectivity index (χ3v) is 4.38. The summed E-state index contributed by atoms with van der Waals surface area (Å²) in [4.78, 5) is 0. The minimum absolute atomic E-state index is 0.442. The highest BCUT2D eigenvalue weighted by molar-refractivity contribution is 7.88. The summed E-state index contributed by atoms with van der Waals surface area (Å²) in [6, 6.07) is 0.442. The largest absolute Gasteiger partial charge is 0.380 e. The first-order chi connectivity index (χ1) is 8.04. The van der Waals surface area contributed by atoms with Crippen LogP contribution in [0.5, 0.6) is 0 Å². The van der Waals surface area contributed by atoms with Gasteiger partial charge in [0, 0.05) is 25.7 Å². The predicted molar refractivity (Wildman–Crippen MR) is 68.6 cm³/mol. The second-order valence-corrected chi connectivity index (χ2v) is 6.46. The molecule has 0 spiro atoms. The third-order valence-electron chi connectivity index (χ3n) is 3.00. The Kier molecular flexibility index (Phi) is 6.40. The Morgan fingerprint density at radius 3 is 2.76 bits per heavy atom. The zero-order valence-corrected chi connectivity index (χ0v) is 11.6. The smallest absolute Gasteiger partial charge is 0.211 e. The van der Waals surface area contributed by atoms with E-state index in [0.29, 0.717) is 19.1 Å². The lowest BCUT2D eigenvalue weighted by Crippen LogP contribution is -2.39. The van der Waals surface area contributed by atoms with E-state index in [4.69, 9.17) is 4.74 Å². The van der Waals surface area contributed by atoms with Crippen molar-refractivity contribution in [3.8, 4) is 0 Å². The molecule has 1 N–H and O–H groups in total. The van der Waals surface area contributed by atoms with Crippen LogP contribution in [0.4, 0.5) is 0 Å². The van der Waals surface area contributed by atoms with Crippen molar-refractivity contribution in [1.29, 1.82) is 0 Å². The lowest BCUT2D eigenvalue weighted by molar-refractivity contribution is 0.0704. The summed E-state index contributed by atoms with van der Waals surface area (Å²) in [6.07, 6.45) is 4.38. The Bertz CT molecular complexity index is 300. The molecule has 1 heterocycles. The monoisotopic (exact) mass is 264 g/mol. The van der Waals surface area contributed by atoms with Crippen molar-refractivity contribution in [3.05, 3.63) is 0 Å². The van der Waals surface area contributed by atoms with Crippen molar-refractivity contribution >= 4 is 10.0 Å². The van der Waals surface area contributed by atoms with Gasteiger partial charge in [0.15, 0.2) is 0 Å². The van der Waals surface area contributed by atoms with Crippen LogP contribution in [0.3, 0.4) is 0 Å². The van der Waals surface area contributed by atoms with Gasteiger partial charge in [-0.3, -0.25) is 0 Å². The average molecular weight is 264 g/mol. The molecule has 0 radical (unpaired) electrons. The van der Waals surface area contributed by atoms with Crippen LogP contribution in [-0.2, 0) is 14.8 Å². The van der Waals surface area contributed by atoms with Crippen LogP contribution in [0.15, 0.2) is 0 Å². The Labute approximate surface area is 105 Å². The molecular formula is C11H24N2O3S. The van der Waals surface area contributed by atoms with Crippen molar-refractivity contribution in [2.45, 2.75) is 32.2 Å². The van der Waals surface area contributed by atoms with E-state index >= 15 is 0 Å². The molecule has 0 amide bonds. The van der Waals surface area contributed by atoms with Gasteiger partial charge in [-0.25, -0.2) is 12.7 Å². The van der Waals surface area contributed by atoms with Gasteiger partial charge in [0.1, 0.15) is 0 Å². The van der Waals surface area contributed by atoms with E-state index in [1.165, 1.54) is 10.6 Å². The van der Waals surface area contributed by atoms with E-state index in [2.05, 4.69) is 5.32 Å². The van der Waals surface area contributed by atoms with Crippen LogP contribution in [0.25, 0.3) is 0 Å². The SMILES string of the molecule is CCN(CCCNC1CCCOC1)S(C)(=O)=O. The molecule has 5 nitrogen and oxygen atoms in total. The maximum absolute atomic E-state index is 11.3. The molecule has 6 heteroatoms. The third kappa shape index (κ3) is 5.81. The van der Waals surface area contributed by atoms with E-state index in [-0.39, 0.29) is 0 Å². The van der Waals surface area contributed by atoms with E-state index < -0.39 is 10.0 Å². The molecule has 0 aromatic carbocycles. The molecule has 1 fully saturated rings. The Hall–Kier alpha value is -0.170. The number of hydrogen-bond donors (Lipinski definition) is 1. The van der Waals surface area contributed by atoms with Crippen molar-refractivity contribution in [3.63, 3.8) is 0 Å². The molecule has 1 aliphatic heterocycles. The van der Waals surface area contributed by atoms with Crippen molar-refractivity contribution < 1.29 is 13.2 Å². The average Bonchev–Trinajstić information content (AvgIpc) is 2.28. The fourth-order valence-electron chi connectivity index (χ4n) is 2.02. The molecule has 1 atom stereocenters. The lowest BCUT2D eigenvalue weighted by atomic mass is 10.1.